The molecule has 2 fully saturated rings. The predicted molar refractivity (Wildman–Crippen MR) is 118 cm³/mol. The second kappa shape index (κ2) is 8.95. The summed E-state index contributed by atoms with van der Waals surface area (Å²) in [6, 6.07) is 3.98. The van der Waals surface area contributed by atoms with Crippen LogP contribution in [0.3, 0.4) is 0 Å². The summed E-state index contributed by atoms with van der Waals surface area (Å²) in [7, 11) is 0. The molecular weight excluding hydrogens is 433 g/mol. The Kier molecular flexibility index (Phi) is 6.37. The van der Waals surface area contributed by atoms with Gasteiger partial charge >= 0.3 is 0 Å². The fraction of sp³-hybridized carbons (Fsp3) is 0.500. The van der Waals surface area contributed by atoms with Gasteiger partial charge in [0.05, 0.1) is 30.0 Å². The van der Waals surface area contributed by atoms with Gasteiger partial charge in [-0.3, -0.25) is 0 Å². The zero-order chi connectivity index (χ0) is 23.8. The highest BCUT2D eigenvalue weighted by Crippen LogP contribution is 2.37. The van der Waals surface area contributed by atoms with Crippen LogP contribution in [0.5, 0.6) is 0 Å². The monoisotopic (exact) mass is 462 g/mol. The molecule has 0 unspecified atom stereocenters. The largest absolute Gasteiger partial charge is 0.383 e. The van der Waals surface area contributed by atoms with E-state index in [1.54, 1.807) is 6.92 Å². The minimum Gasteiger partial charge on any atom is -0.383 e. The molecule has 1 aliphatic heterocycles. The standard InChI is InChI=1S/C24H29F3N4O2/c1-14(31-23(3)8-9-23)12-18-19(22-32-10-11-33-22)21(30-15(2)29-18)28-13-16-6-5-7-17(20(16)25)24(4,26)27/h5-7,22,31H,1,8-13H2,2-4H3,(H,28,29,30). The van der Waals surface area contributed by atoms with Gasteiger partial charge in [-0.2, -0.15) is 0 Å². The van der Waals surface area contributed by atoms with Gasteiger partial charge in [-0.05, 0) is 26.7 Å². The van der Waals surface area contributed by atoms with Crippen LogP contribution in [0.25, 0.3) is 0 Å². The zero-order valence-corrected chi connectivity index (χ0v) is 19.1. The molecule has 2 heterocycles. The molecule has 4 rings (SSSR count). The number of ether oxygens (including phenoxy) is 2. The van der Waals surface area contributed by atoms with Gasteiger partial charge in [-0.15, -0.1) is 0 Å². The van der Waals surface area contributed by atoms with Crippen molar-refractivity contribution >= 4 is 5.82 Å². The zero-order valence-electron chi connectivity index (χ0n) is 19.1. The Labute approximate surface area is 191 Å². The van der Waals surface area contributed by atoms with Gasteiger partial charge in [0.2, 0.25) is 0 Å². The molecule has 0 atom stereocenters. The number of nitrogens with one attached hydrogen (secondary N) is 2. The normalized spacial score (nSPS) is 17.8. The molecule has 6 nitrogen and oxygen atoms in total. The Bertz CT molecular complexity index is 1040. The van der Waals surface area contributed by atoms with Gasteiger partial charge in [0.1, 0.15) is 17.5 Å². The maximum Gasteiger partial charge on any atom is 0.273 e. The Morgan fingerprint density at radius 3 is 2.58 bits per heavy atom. The summed E-state index contributed by atoms with van der Waals surface area (Å²) >= 11 is 0. The number of benzene rings is 1. The van der Waals surface area contributed by atoms with E-state index in [1.807, 2.05) is 0 Å². The first-order valence-electron chi connectivity index (χ1n) is 11.0. The molecule has 0 radical (unpaired) electrons. The summed E-state index contributed by atoms with van der Waals surface area (Å²) in [5, 5.41) is 6.54. The number of aromatic nitrogens is 2. The number of hydrogen-bond acceptors (Lipinski definition) is 6. The number of alkyl halides is 2. The van der Waals surface area contributed by atoms with E-state index in [0.29, 0.717) is 49.5 Å². The average Bonchev–Trinajstić information content (AvgIpc) is 3.21. The molecule has 2 N–H and O–H groups in total. The third-order valence-corrected chi connectivity index (χ3v) is 5.85. The van der Waals surface area contributed by atoms with Crippen LogP contribution < -0.4 is 10.6 Å². The van der Waals surface area contributed by atoms with Gasteiger partial charge in [0, 0.05) is 36.7 Å². The third-order valence-electron chi connectivity index (χ3n) is 5.85. The van der Waals surface area contributed by atoms with Crippen molar-refractivity contribution in [2.75, 3.05) is 18.5 Å². The fourth-order valence-corrected chi connectivity index (χ4v) is 3.90. The molecule has 1 saturated heterocycles. The molecular formula is C24H29F3N4O2. The number of rotatable bonds is 9. The van der Waals surface area contributed by atoms with Crippen molar-refractivity contribution in [3.05, 3.63) is 64.5 Å². The van der Waals surface area contributed by atoms with E-state index >= 15 is 0 Å². The SMILES string of the molecule is C=C(Cc1nc(C)nc(NCc2cccc(C(C)(F)F)c2F)c1C1OCCO1)NC1(C)CC1. The molecule has 1 aliphatic carbocycles. The predicted octanol–water partition coefficient (Wildman–Crippen LogP) is 4.89. The van der Waals surface area contributed by atoms with E-state index in [1.165, 1.54) is 12.1 Å². The number of hydrogen-bond donors (Lipinski definition) is 2. The fourth-order valence-electron chi connectivity index (χ4n) is 3.90. The van der Waals surface area contributed by atoms with Crippen molar-refractivity contribution in [2.45, 2.75) is 64.3 Å². The number of halogens is 3. The van der Waals surface area contributed by atoms with Crippen LogP contribution in [0.2, 0.25) is 0 Å². The lowest BCUT2D eigenvalue weighted by Crippen LogP contribution is -2.28. The van der Waals surface area contributed by atoms with Crippen molar-refractivity contribution < 1.29 is 22.6 Å². The third kappa shape index (κ3) is 5.47. The van der Waals surface area contributed by atoms with Crippen LogP contribution in [0.4, 0.5) is 19.0 Å². The average molecular weight is 463 g/mol. The van der Waals surface area contributed by atoms with Gasteiger partial charge < -0.3 is 20.1 Å². The van der Waals surface area contributed by atoms with Crippen LogP contribution in [0.15, 0.2) is 30.5 Å². The summed E-state index contributed by atoms with van der Waals surface area (Å²) in [5.74, 6) is -3.29. The Hall–Kier alpha value is -2.65. The number of nitrogens with zero attached hydrogens (tertiary/aromatic N) is 2. The van der Waals surface area contributed by atoms with Crippen LogP contribution in [-0.2, 0) is 28.4 Å². The quantitative estimate of drug-likeness (QED) is 0.553. The molecule has 0 spiro atoms. The summed E-state index contributed by atoms with van der Waals surface area (Å²) < 4.78 is 53.7. The van der Waals surface area contributed by atoms with Gasteiger partial charge in [-0.25, -0.2) is 23.1 Å². The Morgan fingerprint density at radius 2 is 1.94 bits per heavy atom. The Balaban J connectivity index is 1.62. The van der Waals surface area contributed by atoms with Crippen LogP contribution >= 0.6 is 0 Å². The number of aryl methyl sites for hydroxylation is 1. The topological polar surface area (TPSA) is 68.3 Å². The summed E-state index contributed by atoms with van der Waals surface area (Å²) in [5.41, 5.74) is 1.67. The van der Waals surface area contributed by atoms with Crippen molar-refractivity contribution in [2.24, 2.45) is 0 Å². The van der Waals surface area contributed by atoms with Crippen LogP contribution in [0, 0.1) is 12.7 Å². The minimum absolute atomic E-state index is 0.0391. The molecule has 178 valence electrons. The second-order valence-corrected chi connectivity index (χ2v) is 9.04. The first-order valence-corrected chi connectivity index (χ1v) is 11.0. The second-order valence-electron chi connectivity index (χ2n) is 9.04. The molecule has 1 aromatic heterocycles. The molecule has 0 bridgehead atoms. The molecule has 9 heteroatoms. The van der Waals surface area contributed by atoms with Gasteiger partial charge in [0.15, 0.2) is 6.29 Å². The Morgan fingerprint density at radius 1 is 1.24 bits per heavy atom. The van der Waals surface area contributed by atoms with Crippen LogP contribution in [-0.4, -0.2) is 28.7 Å². The van der Waals surface area contributed by atoms with Crippen molar-refractivity contribution in [3.8, 4) is 0 Å². The summed E-state index contributed by atoms with van der Waals surface area (Å²) in [6.07, 6.45) is 1.94. The minimum atomic E-state index is -3.28. The first-order chi connectivity index (χ1) is 15.6. The molecule has 2 aromatic rings. The molecule has 0 amide bonds. The first kappa shape index (κ1) is 23.5. The van der Waals surface area contributed by atoms with E-state index in [9.17, 15) is 13.2 Å². The molecule has 2 aliphatic rings. The van der Waals surface area contributed by atoms with Gasteiger partial charge in [0.25, 0.3) is 5.92 Å². The van der Waals surface area contributed by atoms with E-state index in [2.05, 4.69) is 34.1 Å². The van der Waals surface area contributed by atoms with Crippen molar-refractivity contribution in [1.82, 2.24) is 15.3 Å². The summed E-state index contributed by atoms with van der Waals surface area (Å²) in [4.78, 5) is 9.09. The molecule has 1 saturated carbocycles. The summed E-state index contributed by atoms with van der Waals surface area (Å²) in [6.45, 7) is 9.54. The van der Waals surface area contributed by atoms with E-state index in [-0.39, 0.29) is 17.6 Å². The lowest BCUT2D eigenvalue weighted by Gasteiger charge is -2.22. The highest BCUT2D eigenvalue weighted by atomic mass is 19.3. The van der Waals surface area contributed by atoms with Crippen molar-refractivity contribution in [3.63, 3.8) is 0 Å². The maximum absolute atomic E-state index is 14.7. The van der Waals surface area contributed by atoms with E-state index in [4.69, 9.17) is 9.47 Å². The number of anilines is 1. The lowest BCUT2D eigenvalue weighted by molar-refractivity contribution is -0.0446. The lowest BCUT2D eigenvalue weighted by atomic mass is 10.0. The van der Waals surface area contributed by atoms with Crippen molar-refractivity contribution in [1.29, 1.82) is 0 Å². The maximum atomic E-state index is 14.7. The highest BCUT2D eigenvalue weighted by molar-refractivity contribution is 5.49. The van der Waals surface area contributed by atoms with Gasteiger partial charge in [-0.1, -0.05) is 24.8 Å². The smallest absolute Gasteiger partial charge is 0.273 e. The highest BCUT2D eigenvalue weighted by Gasteiger charge is 2.37. The number of allylic oxidation sites excluding steroid dienone is 1. The molecule has 1 aromatic carbocycles. The molecule has 33 heavy (non-hydrogen) atoms. The van der Waals surface area contributed by atoms with Crippen LogP contribution in [0.1, 0.15) is 61.2 Å². The van der Waals surface area contributed by atoms with E-state index in [0.717, 1.165) is 24.6 Å². The van der Waals surface area contributed by atoms with E-state index < -0.39 is 23.6 Å².